The number of carbonyl (C=O) groups excluding carboxylic acids is 1. The lowest BCUT2D eigenvalue weighted by molar-refractivity contribution is -0.113. The van der Waals surface area contributed by atoms with Crippen LogP contribution in [0.4, 0.5) is 17.6 Å². The molecule has 0 atom stereocenters. The quantitative estimate of drug-likeness (QED) is 0.543. The molecule has 0 saturated heterocycles. The summed E-state index contributed by atoms with van der Waals surface area (Å²) in [6.45, 7) is 6.30. The lowest BCUT2D eigenvalue weighted by Gasteiger charge is -2.06. The van der Waals surface area contributed by atoms with Crippen LogP contribution in [0.25, 0.3) is 0 Å². The van der Waals surface area contributed by atoms with E-state index in [-0.39, 0.29) is 17.6 Å². The van der Waals surface area contributed by atoms with E-state index in [4.69, 9.17) is 9.26 Å². The highest BCUT2D eigenvalue weighted by Crippen LogP contribution is 2.17. The third-order valence-electron chi connectivity index (χ3n) is 3.58. The minimum atomic E-state index is -0.111. The van der Waals surface area contributed by atoms with Crippen LogP contribution in [-0.2, 0) is 10.5 Å². The molecule has 0 aliphatic rings. The van der Waals surface area contributed by atoms with Gasteiger partial charge in [0.2, 0.25) is 17.7 Å². The molecule has 2 heterocycles. The fraction of sp³-hybridized carbons (Fsp3) is 0.316. The Morgan fingerprint density at radius 2 is 1.83 bits per heavy atom. The highest BCUT2D eigenvalue weighted by molar-refractivity contribution is 7.99. The number of aromatic nitrogens is 4. The van der Waals surface area contributed by atoms with Gasteiger partial charge >= 0.3 is 0 Å². The topological polar surface area (TPSA) is 115 Å². The molecule has 2 N–H and O–H groups in total. The zero-order valence-electron chi connectivity index (χ0n) is 16.4. The zero-order valence-corrected chi connectivity index (χ0v) is 17.2. The molecule has 0 bridgehead atoms. The van der Waals surface area contributed by atoms with Gasteiger partial charge in [-0.3, -0.25) is 10.1 Å². The number of nitrogens with zero attached hydrogens (tertiary/aromatic N) is 4. The van der Waals surface area contributed by atoms with Gasteiger partial charge < -0.3 is 14.6 Å². The van der Waals surface area contributed by atoms with Gasteiger partial charge in [-0.2, -0.15) is 4.98 Å². The molecule has 0 aliphatic heterocycles. The number of ether oxygens (including phenoxy) is 1. The molecule has 3 rings (SSSR count). The average molecular weight is 414 g/mol. The maximum absolute atomic E-state index is 12.1. The van der Waals surface area contributed by atoms with Gasteiger partial charge in [0, 0.05) is 17.1 Å². The van der Waals surface area contributed by atoms with Crippen LogP contribution >= 0.6 is 11.8 Å². The summed E-state index contributed by atoms with van der Waals surface area (Å²) in [5.74, 6) is 2.45. The minimum absolute atomic E-state index is 0.111. The van der Waals surface area contributed by atoms with Crippen molar-refractivity contribution in [1.82, 2.24) is 20.1 Å². The van der Waals surface area contributed by atoms with E-state index in [1.165, 1.54) is 11.8 Å². The number of aryl methyl sites for hydroxylation is 2. The van der Waals surface area contributed by atoms with Gasteiger partial charge in [-0.25, -0.2) is 9.97 Å². The molecule has 3 aromatic rings. The van der Waals surface area contributed by atoms with Gasteiger partial charge in [0.15, 0.2) is 0 Å². The number of thioether (sulfide) groups is 1. The molecule has 0 saturated carbocycles. The van der Waals surface area contributed by atoms with Gasteiger partial charge in [-0.05, 0) is 56.3 Å². The Morgan fingerprint density at radius 3 is 2.52 bits per heavy atom. The van der Waals surface area contributed by atoms with Gasteiger partial charge in [0.1, 0.15) is 5.75 Å². The van der Waals surface area contributed by atoms with Gasteiger partial charge in [0.05, 0.1) is 18.1 Å². The second-order valence-corrected chi connectivity index (χ2v) is 7.10. The number of hydrogen-bond acceptors (Lipinski definition) is 9. The Hall–Kier alpha value is -3.14. The van der Waals surface area contributed by atoms with Crippen molar-refractivity contribution in [1.29, 1.82) is 0 Å². The standard InChI is InChI=1S/C19H22N6O3S/c1-4-27-15-7-5-14(6-8-15)22-16(26)10-29-11-17-23-19(25-28-17)24-18-20-12(2)9-13(3)21-18/h5-9H,4,10-11H2,1-3H3,(H,22,26)(H,20,21,24,25). The van der Waals surface area contributed by atoms with Gasteiger partial charge in [-0.15, -0.1) is 11.8 Å². The minimum Gasteiger partial charge on any atom is -0.494 e. The first-order valence-electron chi connectivity index (χ1n) is 9.04. The van der Waals surface area contributed by atoms with Crippen LogP contribution in [0.2, 0.25) is 0 Å². The van der Waals surface area contributed by atoms with Crippen LogP contribution in [0.1, 0.15) is 24.2 Å². The fourth-order valence-electron chi connectivity index (χ4n) is 2.48. The summed E-state index contributed by atoms with van der Waals surface area (Å²) in [6, 6.07) is 9.12. The molecule has 2 aromatic heterocycles. The van der Waals surface area contributed by atoms with Crippen LogP contribution < -0.4 is 15.4 Å². The van der Waals surface area contributed by atoms with E-state index >= 15 is 0 Å². The average Bonchev–Trinajstić information content (AvgIpc) is 3.10. The SMILES string of the molecule is CCOc1ccc(NC(=O)CSCc2nc(Nc3nc(C)cc(C)n3)no2)cc1. The summed E-state index contributed by atoms with van der Waals surface area (Å²) in [6.07, 6.45) is 0. The lowest BCUT2D eigenvalue weighted by atomic mass is 10.3. The second kappa shape index (κ2) is 9.87. The van der Waals surface area contributed by atoms with Crippen molar-refractivity contribution in [3.05, 3.63) is 47.6 Å². The van der Waals surface area contributed by atoms with Gasteiger partial charge in [0.25, 0.3) is 5.95 Å². The first-order valence-corrected chi connectivity index (χ1v) is 10.2. The van der Waals surface area contributed by atoms with E-state index in [1.54, 1.807) is 12.1 Å². The van der Waals surface area contributed by atoms with E-state index < -0.39 is 0 Å². The number of amides is 1. The van der Waals surface area contributed by atoms with Crippen molar-refractivity contribution in [3.63, 3.8) is 0 Å². The number of nitrogens with one attached hydrogen (secondary N) is 2. The molecular weight excluding hydrogens is 392 g/mol. The summed E-state index contributed by atoms with van der Waals surface area (Å²) in [5.41, 5.74) is 2.41. The molecule has 0 unspecified atom stereocenters. The molecule has 1 aromatic carbocycles. The number of anilines is 3. The van der Waals surface area contributed by atoms with Crippen molar-refractivity contribution in [3.8, 4) is 5.75 Å². The Kier molecular flexibility index (Phi) is 7.01. The Balaban J connectivity index is 1.44. The van der Waals surface area contributed by atoms with E-state index in [9.17, 15) is 4.79 Å². The normalized spacial score (nSPS) is 10.6. The number of benzene rings is 1. The molecule has 9 nitrogen and oxygen atoms in total. The first-order chi connectivity index (χ1) is 14.0. The van der Waals surface area contributed by atoms with E-state index in [2.05, 4.69) is 30.7 Å². The summed E-state index contributed by atoms with van der Waals surface area (Å²) in [5, 5.41) is 9.61. The Labute approximate surface area is 172 Å². The lowest BCUT2D eigenvalue weighted by Crippen LogP contribution is -2.14. The van der Waals surface area contributed by atoms with Crippen molar-refractivity contribution < 1.29 is 14.1 Å². The van der Waals surface area contributed by atoms with E-state index in [1.807, 2.05) is 39.0 Å². The molecule has 0 aliphatic carbocycles. The van der Waals surface area contributed by atoms with Crippen LogP contribution in [0.5, 0.6) is 5.75 Å². The molecule has 29 heavy (non-hydrogen) atoms. The summed E-state index contributed by atoms with van der Waals surface area (Å²) >= 11 is 1.38. The molecule has 1 amide bonds. The zero-order chi connectivity index (χ0) is 20.6. The third kappa shape index (κ3) is 6.46. The summed E-state index contributed by atoms with van der Waals surface area (Å²) in [7, 11) is 0. The fourth-order valence-corrected chi connectivity index (χ4v) is 3.13. The molecule has 152 valence electrons. The molecule has 0 fully saturated rings. The summed E-state index contributed by atoms with van der Waals surface area (Å²) < 4.78 is 10.6. The van der Waals surface area contributed by atoms with Gasteiger partial charge in [-0.1, -0.05) is 0 Å². The van der Waals surface area contributed by atoms with Crippen LogP contribution in [0.3, 0.4) is 0 Å². The monoisotopic (exact) mass is 414 g/mol. The number of carbonyl (C=O) groups is 1. The van der Waals surface area contributed by atoms with Crippen LogP contribution in [0, 0.1) is 13.8 Å². The smallest absolute Gasteiger partial charge is 0.270 e. The van der Waals surface area contributed by atoms with Crippen LogP contribution in [-0.4, -0.2) is 38.4 Å². The first kappa shape index (κ1) is 20.6. The molecule has 0 radical (unpaired) electrons. The highest BCUT2D eigenvalue weighted by atomic mass is 32.2. The third-order valence-corrected chi connectivity index (χ3v) is 4.50. The number of rotatable bonds is 9. The van der Waals surface area contributed by atoms with Crippen molar-refractivity contribution in [2.24, 2.45) is 0 Å². The van der Waals surface area contributed by atoms with Crippen LogP contribution in [0.15, 0.2) is 34.9 Å². The number of hydrogen-bond donors (Lipinski definition) is 2. The maximum Gasteiger partial charge on any atom is 0.270 e. The second-order valence-electron chi connectivity index (χ2n) is 6.11. The van der Waals surface area contributed by atoms with Crippen molar-refractivity contribution in [2.75, 3.05) is 23.0 Å². The molecule has 10 heteroatoms. The Morgan fingerprint density at radius 1 is 1.10 bits per heavy atom. The van der Waals surface area contributed by atoms with E-state index in [0.717, 1.165) is 22.8 Å². The predicted octanol–water partition coefficient (Wildman–Crippen LogP) is 3.49. The molecular formula is C19H22N6O3S. The predicted molar refractivity (Wildman–Crippen MR) is 111 cm³/mol. The van der Waals surface area contributed by atoms with Crippen molar-refractivity contribution in [2.45, 2.75) is 26.5 Å². The highest BCUT2D eigenvalue weighted by Gasteiger charge is 2.10. The Bertz CT molecular complexity index is 941. The molecule has 0 spiro atoms. The summed E-state index contributed by atoms with van der Waals surface area (Å²) in [4.78, 5) is 24.8. The van der Waals surface area contributed by atoms with Crippen molar-refractivity contribution >= 4 is 35.3 Å². The maximum atomic E-state index is 12.1. The van der Waals surface area contributed by atoms with E-state index in [0.29, 0.717) is 24.2 Å². The largest absolute Gasteiger partial charge is 0.494 e.